The highest BCUT2D eigenvalue weighted by molar-refractivity contribution is 9.10. The van der Waals surface area contributed by atoms with Crippen LogP contribution in [0.1, 0.15) is 5.69 Å². The van der Waals surface area contributed by atoms with Crippen LogP contribution < -0.4 is 5.73 Å². The molecule has 0 aliphatic rings. The van der Waals surface area contributed by atoms with Crippen molar-refractivity contribution in [3.63, 3.8) is 0 Å². The highest BCUT2D eigenvalue weighted by atomic mass is 79.9. The third-order valence-corrected chi connectivity index (χ3v) is 5.55. The van der Waals surface area contributed by atoms with Crippen LogP contribution in [0.15, 0.2) is 55.8 Å². The van der Waals surface area contributed by atoms with E-state index in [1.807, 2.05) is 30.3 Å². The first-order valence-corrected chi connectivity index (χ1v) is 8.54. The molecule has 0 atom stereocenters. The summed E-state index contributed by atoms with van der Waals surface area (Å²) in [5.74, 6) is 1.64. The van der Waals surface area contributed by atoms with Crippen LogP contribution in [-0.2, 0) is 5.75 Å². The van der Waals surface area contributed by atoms with Crippen molar-refractivity contribution < 1.29 is 4.42 Å². The number of thiazole rings is 1. The molecular weight excluding hydrogens is 356 g/mol. The smallest absolute Gasteiger partial charge is 0.162 e. The average Bonchev–Trinajstić information content (AvgIpc) is 3.08. The van der Waals surface area contributed by atoms with Gasteiger partial charge in [-0.05, 0) is 46.3 Å². The Bertz CT molecular complexity index is 710. The van der Waals surface area contributed by atoms with Crippen LogP contribution in [0.2, 0.25) is 0 Å². The molecule has 0 bridgehead atoms. The summed E-state index contributed by atoms with van der Waals surface area (Å²) in [4.78, 5) is 5.74. The first-order chi connectivity index (χ1) is 9.72. The van der Waals surface area contributed by atoms with Gasteiger partial charge in [-0.15, -0.1) is 23.1 Å². The van der Waals surface area contributed by atoms with Gasteiger partial charge in [0.2, 0.25) is 0 Å². The quantitative estimate of drug-likeness (QED) is 0.518. The lowest BCUT2D eigenvalue weighted by Crippen LogP contribution is -1.86. The summed E-state index contributed by atoms with van der Waals surface area (Å²) in [6.45, 7) is 0. The molecule has 0 fully saturated rings. The zero-order chi connectivity index (χ0) is 13.9. The molecule has 20 heavy (non-hydrogen) atoms. The molecule has 2 heterocycles. The second-order valence-electron chi connectivity index (χ2n) is 4.10. The summed E-state index contributed by atoms with van der Waals surface area (Å²) >= 11 is 6.85. The number of furan rings is 1. The number of rotatable bonds is 4. The monoisotopic (exact) mass is 366 g/mol. The van der Waals surface area contributed by atoms with Gasteiger partial charge < -0.3 is 10.2 Å². The molecule has 3 nitrogen and oxygen atoms in total. The van der Waals surface area contributed by atoms with E-state index in [9.17, 15) is 0 Å². The molecule has 3 rings (SSSR count). The number of thioether (sulfide) groups is 1. The minimum Gasteiger partial charge on any atom is -0.462 e. The van der Waals surface area contributed by atoms with Gasteiger partial charge in [0.25, 0.3) is 0 Å². The summed E-state index contributed by atoms with van der Waals surface area (Å²) in [6.07, 6.45) is 1.66. The fourth-order valence-electron chi connectivity index (χ4n) is 1.67. The van der Waals surface area contributed by atoms with Gasteiger partial charge in [-0.2, -0.15) is 0 Å². The van der Waals surface area contributed by atoms with Crippen molar-refractivity contribution in [3.8, 4) is 10.8 Å². The zero-order valence-electron chi connectivity index (χ0n) is 10.4. The first-order valence-electron chi connectivity index (χ1n) is 5.88. The molecule has 0 aliphatic carbocycles. The Kier molecular flexibility index (Phi) is 4.14. The summed E-state index contributed by atoms with van der Waals surface area (Å²) in [6, 6.07) is 9.63. The maximum absolute atomic E-state index is 5.73. The third kappa shape index (κ3) is 3.08. The van der Waals surface area contributed by atoms with Crippen molar-refractivity contribution in [1.82, 2.24) is 4.98 Å². The van der Waals surface area contributed by atoms with E-state index in [-0.39, 0.29) is 0 Å². The molecule has 0 aliphatic heterocycles. The molecule has 0 saturated carbocycles. The SMILES string of the molecule is Nc1ccc(SCc2csc(-c3ccco3)n2)c(Br)c1. The number of anilines is 1. The molecule has 0 spiro atoms. The Labute approximate surface area is 133 Å². The minimum atomic E-state index is 0.759. The van der Waals surface area contributed by atoms with Crippen LogP contribution in [0.25, 0.3) is 10.8 Å². The average molecular weight is 367 g/mol. The van der Waals surface area contributed by atoms with Gasteiger partial charge in [0.15, 0.2) is 10.8 Å². The van der Waals surface area contributed by atoms with E-state index in [2.05, 4.69) is 26.3 Å². The van der Waals surface area contributed by atoms with Crippen LogP contribution in [0, 0.1) is 0 Å². The minimum absolute atomic E-state index is 0.759. The van der Waals surface area contributed by atoms with Crippen LogP contribution in [0.3, 0.4) is 0 Å². The number of hydrogen-bond acceptors (Lipinski definition) is 5. The highest BCUT2D eigenvalue weighted by Gasteiger charge is 2.08. The van der Waals surface area contributed by atoms with Gasteiger partial charge in [0, 0.05) is 26.2 Å². The number of halogens is 1. The Morgan fingerprint density at radius 3 is 3.00 bits per heavy atom. The van der Waals surface area contributed by atoms with Crippen molar-refractivity contribution >= 4 is 44.7 Å². The van der Waals surface area contributed by atoms with E-state index < -0.39 is 0 Å². The van der Waals surface area contributed by atoms with Gasteiger partial charge >= 0.3 is 0 Å². The van der Waals surface area contributed by atoms with E-state index in [1.54, 1.807) is 29.4 Å². The third-order valence-electron chi connectivity index (χ3n) is 2.62. The van der Waals surface area contributed by atoms with Crippen molar-refractivity contribution in [1.29, 1.82) is 0 Å². The molecule has 2 N–H and O–H groups in total. The number of nitrogens with two attached hydrogens (primary N) is 1. The number of benzene rings is 1. The lowest BCUT2D eigenvalue weighted by molar-refractivity contribution is 0.581. The van der Waals surface area contributed by atoms with Crippen LogP contribution >= 0.6 is 39.0 Å². The molecule has 0 unspecified atom stereocenters. The van der Waals surface area contributed by atoms with Gasteiger partial charge in [-0.1, -0.05) is 0 Å². The molecule has 3 aromatic rings. The van der Waals surface area contributed by atoms with Gasteiger partial charge in [0.1, 0.15) is 0 Å². The largest absolute Gasteiger partial charge is 0.462 e. The molecule has 102 valence electrons. The van der Waals surface area contributed by atoms with Gasteiger partial charge in [-0.3, -0.25) is 0 Å². The molecule has 1 aromatic carbocycles. The molecular formula is C14H11BrN2OS2. The Hall–Kier alpha value is -1.24. The van der Waals surface area contributed by atoms with Crippen LogP contribution in [-0.4, -0.2) is 4.98 Å². The molecule has 2 aromatic heterocycles. The summed E-state index contributed by atoms with van der Waals surface area (Å²) in [5, 5.41) is 2.98. The Balaban J connectivity index is 1.70. The maximum atomic E-state index is 5.73. The van der Waals surface area contributed by atoms with Crippen molar-refractivity contribution in [2.24, 2.45) is 0 Å². The van der Waals surface area contributed by atoms with Crippen molar-refractivity contribution in [3.05, 3.63) is 52.1 Å². The molecule has 0 amide bonds. The Morgan fingerprint density at radius 1 is 1.35 bits per heavy atom. The first kappa shape index (κ1) is 13.7. The standard InChI is InChI=1S/C14H11BrN2OS2/c15-11-6-9(16)3-4-13(11)19-7-10-8-20-14(17-10)12-2-1-5-18-12/h1-6,8H,7,16H2. The van der Waals surface area contributed by atoms with E-state index in [0.717, 1.165) is 37.3 Å². The molecule has 0 saturated heterocycles. The maximum Gasteiger partial charge on any atom is 0.162 e. The predicted octanol–water partition coefficient (Wildman–Crippen LogP) is 5.04. The van der Waals surface area contributed by atoms with Crippen molar-refractivity contribution in [2.75, 3.05) is 5.73 Å². The van der Waals surface area contributed by atoms with Crippen molar-refractivity contribution in [2.45, 2.75) is 10.6 Å². The van der Waals surface area contributed by atoms with Crippen LogP contribution in [0.5, 0.6) is 0 Å². The topological polar surface area (TPSA) is 52.0 Å². The lowest BCUT2D eigenvalue weighted by Gasteiger charge is -2.03. The number of nitrogens with zero attached hydrogens (tertiary/aromatic N) is 1. The number of aromatic nitrogens is 1. The lowest BCUT2D eigenvalue weighted by atomic mass is 10.3. The summed E-state index contributed by atoms with van der Waals surface area (Å²) in [7, 11) is 0. The van der Waals surface area contributed by atoms with Gasteiger partial charge in [0.05, 0.1) is 12.0 Å². The summed E-state index contributed by atoms with van der Waals surface area (Å²) < 4.78 is 6.37. The number of nitrogen functional groups attached to an aromatic ring is 1. The second-order valence-corrected chi connectivity index (χ2v) is 6.83. The Morgan fingerprint density at radius 2 is 2.25 bits per heavy atom. The second kappa shape index (κ2) is 6.03. The summed E-state index contributed by atoms with van der Waals surface area (Å²) in [5.41, 5.74) is 7.54. The zero-order valence-corrected chi connectivity index (χ0v) is 13.6. The van der Waals surface area contributed by atoms with E-state index in [4.69, 9.17) is 10.2 Å². The van der Waals surface area contributed by atoms with E-state index in [0.29, 0.717) is 0 Å². The van der Waals surface area contributed by atoms with Gasteiger partial charge in [-0.25, -0.2) is 4.98 Å². The van der Waals surface area contributed by atoms with E-state index in [1.165, 1.54) is 0 Å². The van der Waals surface area contributed by atoms with E-state index >= 15 is 0 Å². The molecule has 0 radical (unpaired) electrons. The normalized spacial score (nSPS) is 10.8. The fourth-order valence-corrected chi connectivity index (χ4v) is 4.12. The fraction of sp³-hybridized carbons (Fsp3) is 0.0714. The predicted molar refractivity (Wildman–Crippen MR) is 87.9 cm³/mol. The highest BCUT2D eigenvalue weighted by Crippen LogP contribution is 2.32. The number of hydrogen-bond donors (Lipinski definition) is 1. The van der Waals surface area contributed by atoms with Crippen LogP contribution in [0.4, 0.5) is 5.69 Å². The molecule has 6 heteroatoms.